The van der Waals surface area contributed by atoms with Crippen LogP contribution in [0.25, 0.3) is 10.9 Å². The highest BCUT2D eigenvalue weighted by Gasteiger charge is 2.29. The van der Waals surface area contributed by atoms with Crippen LogP contribution in [0.1, 0.15) is 38.8 Å². The van der Waals surface area contributed by atoms with E-state index in [0.29, 0.717) is 11.3 Å². The molecule has 1 aliphatic heterocycles. The minimum Gasteiger partial charge on any atom is -0.371 e. The SMILES string of the molecule is CCC1(C)CCN(c2cc(CCl)nc3ccccc23)CC1. The standard InChI is InChI=1S/C18H23ClN2/c1-3-18(2)8-10-21(11-9-18)17-12-14(13-19)20-16-7-5-4-6-15(16)17/h4-7,12H,3,8-11,13H2,1-2H3. The first-order valence-corrected chi connectivity index (χ1v) is 8.38. The molecule has 1 aromatic heterocycles. The van der Waals surface area contributed by atoms with Gasteiger partial charge in [0.25, 0.3) is 0 Å². The smallest absolute Gasteiger partial charge is 0.0726 e. The van der Waals surface area contributed by atoms with Crippen LogP contribution in [0.4, 0.5) is 5.69 Å². The van der Waals surface area contributed by atoms with Gasteiger partial charge in [0, 0.05) is 24.2 Å². The summed E-state index contributed by atoms with van der Waals surface area (Å²) >= 11 is 6.02. The van der Waals surface area contributed by atoms with Crippen LogP contribution in [0.15, 0.2) is 30.3 Å². The zero-order valence-corrected chi connectivity index (χ0v) is 13.7. The van der Waals surface area contributed by atoms with Gasteiger partial charge in [0.15, 0.2) is 0 Å². The number of aromatic nitrogens is 1. The number of benzene rings is 1. The van der Waals surface area contributed by atoms with Crippen LogP contribution in [-0.4, -0.2) is 18.1 Å². The van der Waals surface area contributed by atoms with Gasteiger partial charge < -0.3 is 4.90 Å². The Hall–Kier alpha value is -1.28. The summed E-state index contributed by atoms with van der Waals surface area (Å²) < 4.78 is 0. The van der Waals surface area contributed by atoms with E-state index in [1.165, 1.54) is 30.3 Å². The van der Waals surface area contributed by atoms with E-state index < -0.39 is 0 Å². The Bertz CT molecular complexity index is 630. The van der Waals surface area contributed by atoms with Gasteiger partial charge in [-0.2, -0.15) is 0 Å². The molecule has 0 spiro atoms. The summed E-state index contributed by atoms with van der Waals surface area (Å²) in [4.78, 5) is 7.15. The second-order valence-corrected chi connectivity index (χ2v) is 6.70. The third-order valence-corrected chi connectivity index (χ3v) is 5.32. The number of pyridine rings is 1. The first-order chi connectivity index (χ1) is 10.1. The molecule has 0 aliphatic carbocycles. The van der Waals surface area contributed by atoms with Crippen molar-refractivity contribution < 1.29 is 0 Å². The van der Waals surface area contributed by atoms with Crippen molar-refractivity contribution in [2.75, 3.05) is 18.0 Å². The van der Waals surface area contributed by atoms with Crippen LogP contribution in [0, 0.1) is 5.41 Å². The third kappa shape index (κ3) is 2.87. The maximum absolute atomic E-state index is 6.02. The fourth-order valence-electron chi connectivity index (χ4n) is 3.18. The third-order valence-electron chi connectivity index (χ3n) is 5.05. The molecule has 0 saturated carbocycles. The van der Waals surface area contributed by atoms with E-state index in [9.17, 15) is 0 Å². The summed E-state index contributed by atoms with van der Waals surface area (Å²) in [5.74, 6) is 0.471. The van der Waals surface area contributed by atoms with Crippen LogP contribution < -0.4 is 4.90 Å². The molecule has 1 saturated heterocycles. The molecular weight excluding hydrogens is 280 g/mol. The van der Waals surface area contributed by atoms with Gasteiger partial charge in [-0.1, -0.05) is 38.5 Å². The molecule has 2 nitrogen and oxygen atoms in total. The van der Waals surface area contributed by atoms with Gasteiger partial charge in [-0.15, -0.1) is 11.6 Å². The molecule has 21 heavy (non-hydrogen) atoms. The summed E-state index contributed by atoms with van der Waals surface area (Å²) in [5.41, 5.74) is 3.83. The van der Waals surface area contributed by atoms with Crippen molar-refractivity contribution in [3.63, 3.8) is 0 Å². The lowest BCUT2D eigenvalue weighted by Gasteiger charge is -2.40. The minimum atomic E-state index is 0.471. The molecule has 112 valence electrons. The Balaban J connectivity index is 1.97. The Morgan fingerprint density at radius 1 is 1.24 bits per heavy atom. The highest BCUT2D eigenvalue weighted by atomic mass is 35.5. The van der Waals surface area contributed by atoms with Crippen molar-refractivity contribution in [2.45, 2.75) is 39.0 Å². The fraction of sp³-hybridized carbons (Fsp3) is 0.500. The van der Waals surface area contributed by atoms with Crippen molar-refractivity contribution >= 4 is 28.2 Å². The van der Waals surface area contributed by atoms with E-state index in [2.05, 4.69) is 48.0 Å². The van der Waals surface area contributed by atoms with Crippen molar-refractivity contribution in [3.05, 3.63) is 36.0 Å². The highest BCUT2D eigenvalue weighted by molar-refractivity contribution is 6.17. The van der Waals surface area contributed by atoms with Crippen LogP contribution in [0.2, 0.25) is 0 Å². The lowest BCUT2D eigenvalue weighted by Crippen LogP contribution is -2.38. The molecule has 0 radical (unpaired) electrons. The lowest BCUT2D eigenvalue weighted by molar-refractivity contribution is 0.238. The number of halogens is 1. The maximum atomic E-state index is 6.02. The van der Waals surface area contributed by atoms with Gasteiger partial charge in [0.05, 0.1) is 17.1 Å². The molecule has 1 fully saturated rings. The second-order valence-electron chi connectivity index (χ2n) is 6.43. The number of anilines is 1. The van der Waals surface area contributed by atoms with E-state index in [0.717, 1.165) is 24.3 Å². The van der Waals surface area contributed by atoms with Gasteiger partial charge in [-0.3, -0.25) is 4.98 Å². The molecule has 3 heteroatoms. The zero-order chi connectivity index (χ0) is 14.9. The van der Waals surface area contributed by atoms with E-state index >= 15 is 0 Å². The summed E-state index contributed by atoms with van der Waals surface area (Å²) in [6, 6.07) is 10.6. The van der Waals surface area contributed by atoms with Crippen LogP contribution in [0.3, 0.4) is 0 Å². The van der Waals surface area contributed by atoms with Crippen molar-refractivity contribution in [2.24, 2.45) is 5.41 Å². The van der Waals surface area contributed by atoms with Crippen molar-refractivity contribution in [1.82, 2.24) is 4.98 Å². The average Bonchev–Trinajstić information content (AvgIpc) is 2.54. The van der Waals surface area contributed by atoms with E-state index in [-0.39, 0.29) is 0 Å². The number of hydrogen-bond donors (Lipinski definition) is 0. The molecule has 0 bridgehead atoms. The van der Waals surface area contributed by atoms with Crippen LogP contribution >= 0.6 is 11.6 Å². The molecular formula is C18H23ClN2. The Morgan fingerprint density at radius 2 is 1.95 bits per heavy atom. The number of rotatable bonds is 3. The summed E-state index contributed by atoms with van der Waals surface area (Å²) in [6.07, 6.45) is 3.79. The number of hydrogen-bond acceptors (Lipinski definition) is 2. The number of piperidine rings is 1. The van der Waals surface area contributed by atoms with Gasteiger partial charge in [0.2, 0.25) is 0 Å². The second kappa shape index (κ2) is 5.84. The van der Waals surface area contributed by atoms with Crippen LogP contribution in [0.5, 0.6) is 0 Å². The minimum absolute atomic E-state index is 0.471. The lowest BCUT2D eigenvalue weighted by atomic mass is 9.78. The molecule has 0 amide bonds. The fourth-order valence-corrected chi connectivity index (χ4v) is 3.32. The van der Waals surface area contributed by atoms with Gasteiger partial charge in [-0.25, -0.2) is 0 Å². The Morgan fingerprint density at radius 3 is 2.62 bits per heavy atom. The van der Waals surface area contributed by atoms with Gasteiger partial charge in [-0.05, 0) is 30.4 Å². The maximum Gasteiger partial charge on any atom is 0.0726 e. The topological polar surface area (TPSA) is 16.1 Å². The number of nitrogens with zero attached hydrogens (tertiary/aromatic N) is 2. The molecule has 0 unspecified atom stereocenters. The number of fused-ring (bicyclic) bond motifs is 1. The van der Waals surface area contributed by atoms with E-state index in [1.54, 1.807) is 0 Å². The first-order valence-electron chi connectivity index (χ1n) is 7.85. The number of alkyl halides is 1. The summed E-state index contributed by atoms with van der Waals surface area (Å²) in [6.45, 7) is 6.97. The predicted octanol–water partition coefficient (Wildman–Crippen LogP) is 4.99. The first kappa shape index (κ1) is 14.6. The largest absolute Gasteiger partial charge is 0.371 e. The molecule has 0 atom stereocenters. The Kier molecular flexibility index (Phi) is 4.08. The van der Waals surface area contributed by atoms with Gasteiger partial charge >= 0.3 is 0 Å². The molecule has 1 aliphatic rings. The molecule has 1 aromatic carbocycles. The molecule has 3 rings (SSSR count). The summed E-state index contributed by atoms with van der Waals surface area (Å²) in [7, 11) is 0. The zero-order valence-electron chi connectivity index (χ0n) is 12.9. The van der Waals surface area contributed by atoms with E-state index in [4.69, 9.17) is 11.6 Å². The predicted molar refractivity (Wildman–Crippen MR) is 91.1 cm³/mol. The van der Waals surface area contributed by atoms with Crippen LogP contribution in [-0.2, 0) is 5.88 Å². The average molecular weight is 303 g/mol. The monoisotopic (exact) mass is 302 g/mol. The normalized spacial score (nSPS) is 18.1. The Labute approximate surface area is 132 Å². The van der Waals surface area contributed by atoms with Crippen molar-refractivity contribution in [1.29, 1.82) is 0 Å². The quantitative estimate of drug-likeness (QED) is 0.743. The highest BCUT2D eigenvalue weighted by Crippen LogP contribution is 2.37. The van der Waals surface area contributed by atoms with Gasteiger partial charge in [0.1, 0.15) is 0 Å². The number of para-hydroxylation sites is 1. The molecule has 2 aromatic rings. The van der Waals surface area contributed by atoms with Crippen molar-refractivity contribution in [3.8, 4) is 0 Å². The van der Waals surface area contributed by atoms with E-state index in [1.807, 2.05) is 6.07 Å². The molecule has 2 heterocycles. The molecule has 0 N–H and O–H groups in total. The summed E-state index contributed by atoms with van der Waals surface area (Å²) in [5, 5.41) is 1.24.